The quantitative estimate of drug-likeness (QED) is 0.377. The van der Waals surface area contributed by atoms with E-state index in [1.54, 1.807) is 44.4 Å². The Hall–Kier alpha value is -2.24. The number of methoxy groups -OCH3 is 2. The molecule has 0 radical (unpaired) electrons. The summed E-state index contributed by atoms with van der Waals surface area (Å²) in [6.45, 7) is 1.80. The number of rotatable bonds is 5. The third-order valence-corrected chi connectivity index (χ3v) is 4.86. The monoisotopic (exact) mass is 482 g/mol. The molecule has 2 aromatic carbocycles. The molecular weight excluding hydrogens is 467 g/mol. The number of benzene rings is 2. The van der Waals surface area contributed by atoms with Gasteiger partial charge in [-0.25, -0.2) is 0 Å². The van der Waals surface area contributed by atoms with E-state index >= 15 is 0 Å². The van der Waals surface area contributed by atoms with Crippen LogP contribution in [0.2, 0.25) is 5.02 Å². The van der Waals surface area contributed by atoms with Gasteiger partial charge in [0.1, 0.15) is 11.6 Å². The second-order valence-corrected chi connectivity index (χ2v) is 6.84. The first-order valence-corrected chi connectivity index (χ1v) is 8.96. The van der Waals surface area contributed by atoms with E-state index in [4.69, 9.17) is 21.1 Å². The van der Waals surface area contributed by atoms with Crippen molar-refractivity contribution >= 4 is 51.9 Å². The van der Waals surface area contributed by atoms with Crippen molar-refractivity contribution < 1.29 is 14.3 Å². The fourth-order valence-corrected chi connectivity index (χ4v) is 3.29. The van der Waals surface area contributed by atoms with E-state index in [0.29, 0.717) is 27.8 Å². The van der Waals surface area contributed by atoms with Crippen molar-refractivity contribution in [3.05, 3.63) is 55.6 Å². The average Bonchev–Trinajstić information content (AvgIpc) is 2.62. The van der Waals surface area contributed by atoms with Gasteiger partial charge in [0, 0.05) is 10.7 Å². The Balaban J connectivity index is 2.36. The molecule has 2 rings (SSSR count). The second-order valence-electron chi connectivity index (χ2n) is 5.27. The summed E-state index contributed by atoms with van der Waals surface area (Å²) < 4.78 is 11.4. The fourth-order valence-electron chi connectivity index (χ4n) is 2.27. The van der Waals surface area contributed by atoms with Crippen molar-refractivity contribution in [1.29, 1.82) is 5.26 Å². The molecule has 5 nitrogen and oxygen atoms in total. The third-order valence-electron chi connectivity index (χ3n) is 3.65. The SMILES string of the molecule is COc1cc(/C=C(\C#N)C(=O)Nc2cccc(Cl)c2C)cc(I)c1OC. The van der Waals surface area contributed by atoms with Crippen LogP contribution in [0.5, 0.6) is 11.5 Å². The van der Waals surface area contributed by atoms with E-state index in [1.807, 2.05) is 6.07 Å². The van der Waals surface area contributed by atoms with Crippen LogP contribution in [0, 0.1) is 21.8 Å². The molecule has 0 atom stereocenters. The van der Waals surface area contributed by atoms with Gasteiger partial charge in [-0.15, -0.1) is 0 Å². The molecule has 0 unspecified atom stereocenters. The number of carbonyl (C=O) groups excluding carboxylic acids is 1. The van der Waals surface area contributed by atoms with Gasteiger partial charge in [0.25, 0.3) is 5.91 Å². The zero-order chi connectivity index (χ0) is 19.3. The fraction of sp³-hybridized carbons (Fsp3) is 0.158. The molecule has 1 amide bonds. The van der Waals surface area contributed by atoms with E-state index < -0.39 is 5.91 Å². The number of nitriles is 1. The maximum absolute atomic E-state index is 12.5. The lowest BCUT2D eigenvalue weighted by Gasteiger charge is -2.11. The van der Waals surface area contributed by atoms with Gasteiger partial charge in [-0.3, -0.25) is 4.79 Å². The molecule has 1 N–H and O–H groups in total. The molecule has 0 saturated carbocycles. The van der Waals surface area contributed by atoms with E-state index in [1.165, 1.54) is 13.2 Å². The predicted molar refractivity (Wildman–Crippen MR) is 111 cm³/mol. The highest BCUT2D eigenvalue weighted by molar-refractivity contribution is 14.1. The average molecular weight is 483 g/mol. The number of halogens is 2. The zero-order valence-corrected chi connectivity index (χ0v) is 17.3. The van der Waals surface area contributed by atoms with Gasteiger partial charge in [-0.2, -0.15) is 5.26 Å². The van der Waals surface area contributed by atoms with Crippen LogP contribution in [0.15, 0.2) is 35.9 Å². The Morgan fingerprint density at radius 1 is 1.31 bits per heavy atom. The Kier molecular flexibility index (Phi) is 6.89. The minimum Gasteiger partial charge on any atom is -0.493 e. The number of anilines is 1. The maximum atomic E-state index is 12.5. The first kappa shape index (κ1) is 20.1. The molecule has 0 saturated heterocycles. The van der Waals surface area contributed by atoms with Gasteiger partial charge in [0.2, 0.25) is 0 Å². The molecule has 0 aliphatic rings. The number of carbonyl (C=O) groups is 1. The Morgan fingerprint density at radius 2 is 2.04 bits per heavy atom. The molecule has 134 valence electrons. The van der Waals surface area contributed by atoms with E-state index in [9.17, 15) is 10.1 Å². The van der Waals surface area contributed by atoms with Crippen molar-refractivity contribution in [2.45, 2.75) is 6.92 Å². The number of hydrogen-bond donors (Lipinski definition) is 1. The summed E-state index contributed by atoms with van der Waals surface area (Å²) in [7, 11) is 3.08. The lowest BCUT2D eigenvalue weighted by atomic mass is 10.1. The number of nitrogens with one attached hydrogen (secondary N) is 1. The van der Waals surface area contributed by atoms with Crippen LogP contribution in [-0.2, 0) is 4.79 Å². The highest BCUT2D eigenvalue weighted by Gasteiger charge is 2.14. The molecule has 0 bridgehead atoms. The molecule has 0 fully saturated rings. The molecule has 0 heterocycles. The highest BCUT2D eigenvalue weighted by atomic mass is 127. The number of nitrogens with zero attached hydrogens (tertiary/aromatic N) is 1. The standard InChI is InChI=1S/C19H16ClIN2O3/c1-11-14(20)5-4-6-16(11)23-19(24)13(10-22)7-12-8-15(21)18(26-3)17(9-12)25-2/h4-9H,1-3H3,(H,23,24)/b13-7+. The van der Waals surface area contributed by atoms with Crippen molar-refractivity contribution in [2.24, 2.45) is 0 Å². The molecule has 0 aliphatic carbocycles. The number of ether oxygens (including phenoxy) is 2. The van der Waals surface area contributed by atoms with Crippen LogP contribution in [0.3, 0.4) is 0 Å². The van der Waals surface area contributed by atoms with Crippen LogP contribution in [0.25, 0.3) is 6.08 Å². The van der Waals surface area contributed by atoms with Crippen molar-refractivity contribution in [3.8, 4) is 17.6 Å². The highest BCUT2D eigenvalue weighted by Crippen LogP contribution is 2.34. The Morgan fingerprint density at radius 3 is 2.65 bits per heavy atom. The largest absolute Gasteiger partial charge is 0.493 e. The summed E-state index contributed by atoms with van der Waals surface area (Å²) in [4.78, 5) is 12.5. The van der Waals surface area contributed by atoms with Crippen LogP contribution >= 0.6 is 34.2 Å². The van der Waals surface area contributed by atoms with Gasteiger partial charge in [0.15, 0.2) is 11.5 Å². The molecular formula is C19H16ClIN2O3. The summed E-state index contributed by atoms with van der Waals surface area (Å²) in [5.41, 5.74) is 1.92. The zero-order valence-electron chi connectivity index (χ0n) is 14.4. The summed E-state index contributed by atoms with van der Waals surface area (Å²) in [5, 5.41) is 12.7. The van der Waals surface area contributed by atoms with Crippen molar-refractivity contribution in [2.75, 3.05) is 19.5 Å². The Labute approximate surface area is 170 Å². The van der Waals surface area contributed by atoms with Crippen molar-refractivity contribution in [1.82, 2.24) is 0 Å². The van der Waals surface area contributed by atoms with Crippen LogP contribution in [0.4, 0.5) is 5.69 Å². The van der Waals surface area contributed by atoms with Gasteiger partial charge < -0.3 is 14.8 Å². The van der Waals surface area contributed by atoms with Crippen LogP contribution in [-0.4, -0.2) is 20.1 Å². The lowest BCUT2D eigenvalue weighted by molar-refractivity contribution is -0.112. The normalized spacial score (nSPS) is 10.8. The predicted octanol–water partition coefficient (Wildman–Crippen LogP) is 4.82. The van der Waals surface area contributed by atoms with Gasteiger partial charge in [-0.1, -0.05) is 17.7 Å². The summed E-state index contributed by atoms with van der Waals surface area (Å²) in [6, 6.07) is 10.6. The minimum atomic E-state index is -0.511. The second kappa shape index (κ2) is 8.92. The molecule has 0 spiro atoms. The maximum Gasteiger partial charge on any atom is 0.266 e. The summed E-state index contributed by atoms with van der Waals surface area (Å²) >= 11 is 8.17. The third kappa shape index (κ3) is 4.48. The molecule has 26 heavy (non-hydrogen) atoms. The molecule has 0 aromatic heterocycles. The number of amides is 1. The minimum absolute atomic E-state index is 0.0348. The summed E-state index contributed by atoms with van der Waals surface area (Å²) in [5.74, 6) is 0.611. The summed E-state index contributed by atoms with van der Waals surface area (Å²) in [6.07, 6.45) is 1.50. The van der Waals surface area contributed by atoms with E-state index in [-0.39, 0.29) is 5.57 Å². The molecule has 2 aromatic rings. The van der Waals surface area contributed by atoms with Gasteiger partial charge >= 0.3 is 0 Å². The van der Waals surface area contributed by atoms with Crippen LogP contribution < -0.4 is 14.8 Å². The van der Waals surface area contributed by atoms with E-state index in [0.717, 1.165) is 9.13 Å². The van der Waals surface area contributed by atoms with Gasteiger partial charge in [0.05, 0.1) is 17.8 Å². The first-order valence-electron chi connectivity index (χ1n) is 7.51. The first-order chi connectivity index (χ1) is 12.4. The molecule has 7 heteroatoms. The van der Waals surface area contributed by atoms with Gasteiger partial charge in [-0.05, 0) is 71.0 Å². The van der Waals surface area contributed by atoms with Crippen LogP contribution in [0.1, 0.15) is 11.1 Å². The van der Waals surface area contributed by atoms with Crippen molar-refractivity contribution in [3.63, 3.8) is 0 Å². The smallest absolute Gasteiger partial charge is 0.266 e. The molecule has 0 aliphatic heterocycles. The lowest BCUT2D eigenvalue weighted by Crippen LogP contribution is -2.14. The topological polar surface area (TPSA) is 71.3 Å². The number of hydrogen-bond acceptors (Lipinski definition) is 4. The van der Waals surface area contributed by atoms with E-state index in [2.05, 4.69) is 27.9 Å². The Bertz CT molecular complexity index is 920.